The molecule has 0 aliphatic rings. The molecule has 1 atom stereocenters. The zero-order valence-electron chi connectivity index (χ0n) is 11.4. The molecule has 0 aliphatic carbocycles. The molecule has 20 heavy (non-hydrogen) atoms. The number of hydrogen-bond acceptors (Lipinski definition) is 7. The van der Waals surface area contributed by atoms with Gasteiger partial charge in [-0.05, 0) is 6.07 Å². The predicted octanol–water partition coefficient (Wildman–Crippen LogP) is 1.82. The first-order valence-corrected chi connectivity index (χ1v) is 6.81. The molecule has 0 N–H and O–H groups in total. The van der Waals surface area contributed by atoms with Crippen LogP contribution in [0.25, 0.3) is 0 Å². The molecule has 0 aliphatic heterocycles. The molecule has 0 spiro atoms. The highest BCUT2D eigenvalue weighted by atomic mass is 32.1. The number of methoxy groups -OCH3 is 2. The number of nitrogens with zero attached hydrogens (tertiary/aromatic N) is 3. The van der Waals surface area contributed by atoms with Gasteiger partial charge in [-0.25, -0.2) is 0 Å². The van der Waals surface area contributed by atoms with E-state index < -0.39 is 11.0 Å². The number of nitriles is 1. The van der Waals surface area contributed by atoms with Gasteiger partial charge < -0.3 is 9.47 Å². The Morgan fingerprint density at radius 2 is 2.00 bits per heavy atom. The van der Waals surface area contributed by atoms with Crippen LogP contribution < -0.4 is 0 Å². The zero-order valence-corrected chi connectivity index (χ0v) is 12.3. The summed E-state index contributed by atoms with van der Waals surface area (Å²) in [5, 5.41) is 20.1. The second kappa shape index (κ2) is 8.60. The minimum atomic E-state index is -0.529. The quantitative estimate of drug-likeness (QED) is 0.510. The molecule has 0 amide bonds. The largest absolute Gasteiger partial charge is 0.383 e. The van der Waals surface area contributed by atoms with Gasteiger partial charge in [0.25, 0.3) is 0 Å². The lowest BCUT2D eigenvalue weighted by atomic mass is 10.2. The fourth-order valence-corrected chi connectivity index (χ4v) is 2.60. The molecule has 0 bridgehead atoms. The van der Waals surface area contributed by atoms with Gasteiger partial charge in [0.1, 0.15) is 6.04 Å². The molecule has 110 valence electrons. The van der Waals surface area contributed by atoms with Crippen LogP contribution in [0, 0.1) is 21.4 Å². The molecule has 8 heteroatoms. The van der Waals surface area contributed by atoms with E-state index >= 15 is 0 Å². The molecule has 0 saturated heterocycles. The molecule has 0 fully saturated rings. The van der Waals surface area contributed by atoms with Gasteiger partial charge in [0.15, 0.2) is 0 Å². The highest BCUT2D eigenvalue weighted by Crippen LogP contribution is 2.31. The Labute approximate surface area is 121 Å². The molecule has 1 heterocycles. The van der Waals surface area contributed by atoms with Crippen molar-refractivity contribution in [2.24, 2.45) is 0 Å². The first-order valence-electron chi connectivity index (χ1n) is 5.99. The van der Waals surface area contributed by atoms with Crippen LogP contribution in [0.1, 0.15) is 10.9 Å². The fourth-order valence-electron chi connectivity index (χ4n) is 1.70. The van der Waals surface area contributed by atoms with E-state index in [1.165, 1.54) is 6.07 Å². The van der Waals surface area contributed by atoms with Crippen molar-refractivity contribution in [2.45, 2.75) is 6.04 Å². The minimum Gasteiger partial charge on any atom is -0.383 e. The lowest BCUT2D eigenvalue weighted by molar-refractivity contribution is -0.380. The summed E-state index contributed by atoms with van der Waals surface area (Å²) in [6, 6.07) is 4.72. The smallest absolute Gasteiger partial charge is 0.324 e. The summed E-state index contributed by atoms with van der Waals surface area (Å²) >= 11 is 1.02. The average molecular weight is 299 g/mol. The van der Waals surface area contributed by atoms with Crippen molar-refractivity contribution in [3.05, 3.63) is 27.1 Å². The topological polar surface area (TPSA) is 88.6 Å². The molecule has 7 nitrogen and oxygen atoms in total. The third kappa shape index (κ3) is 4.54. The van der Waals surface area contributed by atoms with E-state index in [4.69, 9.17) is 9.47 Å². The van der Waals surface area contributed by atoms with Crippen LogP contribution in [-0.2, 0) is 9.47 Å². The van der Waals surface area contributed by atoms with Crippen molar-refractivity contribution in [2.75, 3.05) is 40.5 Å². The molecule has 1 aromatic rings. The third-order valence-electron chi connectivity index (χ3n) is 2.71. The Balaban J connectivity index is 2.87. The summed E-state index contributed by atoms with van der Waals surface area (Å²) in [7, 11) is 3.18. The van der Waals surface area contributed by atoms with Crippen LogP contribution in [0.3, 0.4) is 0 Å². The van der Waals surface area contributed by atoms with E-state index in [1.54, 1.807) is 20.3 Å². The highest BCUT2D eigenvalue weighted by molar-refractivity contribution is 7.15. The van der Waals surface area contributed by atoms with Crippen molar-refractivity contribution in [3.8, 4) is 6.07 Å². The van der Waals surface area contributed by atoms with E-state index in [0.29, 0.717) is 31.2 Å². The average Bonchev–Trinajstić information content (AvgIpc) is 2.91. The van der Waals surface area contributed by atoms with Crippen LogP contribution in [0.2, 0.25) is 0 Å². The fraction of sp³-hybridized carbons (Fsp3) is 0.583. The number of nitro groups is 1. The van der Waals surface area contributed by atoms with Gasteiger partial charge in [0, 0.05) is 38.3 Å². The molecule has 0 radical (unpaired) electrons. The van der Waals surface area contributed by atoms with E-state index in [9.17, 15) is 15.4 Å². The maximum absolute atomic E-state index is 10.7. The second-order valence-electron chi connectivity index (χ2n) is 3.99. The van der Waals surface area contributed by atoms with Crippen molar-refractivity contribution < 1.29 is 14.4 Å². The zero-order chi connectivity index (χ0) is 15.0. The van der Waals surface area contributed by atoms with Gasteiger partial charge in [-0.1, -0.05) is 11.3 Å². The number of ether oxygens (including phenoxy) is 2. The highest BCUT2D eigenvalue weighted by Gasteiger charge is 2.23. The van der Waals surface area contributed by atoms with Gasteiger partial charge in [-0.15, -0.1) is 0 Å². The van der Waals surface area contributed by atoms with Crippen LogP contribution in [-0.4, -0.2) is 50.3 Å². The first kappa shape index (κ1) is 16.5. The Morgan fingerprint density at radius 1 is 1.40 bits per heavy atom. The van der Waals surface area contributed by atoms with Crippen LogP contribution >= 0.6 is 11.3 Å². The van der Waals surface area contributed by atoms with E-state index in [0.717, 1.165) is 11.3 Å². The van der Waals surface area contributed by atoms with Crippen LogP contribution in [0.5, 0.6) is 0 Å². The standard InChI is InChI=1S/C12H17N3O4S/c1-18-7-5-14(6-8-19-2)10(9-13)11-3-4-12(20-11)15(16)17/h3-4,10H,5-8H2,1-2H3. The normalized spacial score (nSPS) is 12.3. The summed E-state index contributed by atoms with van der Waals surface area (Å²) < 4.78 is 10.1. The van der Waals surface area contributed by atoms with Crippen molar-refractivity contribution >= 4 is 16.3 Å². The van der Waals surface area contributed by atoms with Gasteiger partial charge in [0.2, 0.25) is 0 Å². The van der Waals surface area contributed by atoms with Crippen molar-refractivity contribution in [1.82, 2.24) is 4.90 Å². The monoisotopic (exact) mass is 299 g/mol. The van der Waals surface area contributed by atoms with Gasteiger partial charge >= 0.3 is 5.00 Å². The van der Waals surface area contributed by atoms with Crippen LogP contribution in [0.15, 0.2) is 12.1 Å². The molecular formula is C12H17N3O4S. The van der Waals surface area contributed by atoms with E-state index in [2.05, 4.69) is 6.07 Å². The maximum atomic E-state index is 10.7. The van der Waals surface area contributed by atoms with Gasteiger partial charge in [-0.3, -0.25) is 15.0 Å². The molecule has 0 aromatic carbocycles. The predicted molar refractivity (Wildman–Crippen MR) is 74.7 cm³/mol. The van der Waals surface area contributed by atoms with Crippen molar-refractivity contribution in [3.63, 3.8) is 0 Å². The summed E-state index contributed by atoms with van der Waals surface area (Å²) in [4.78, 5) is 12.8. The molecule has 1 rings (SSSR count). The van der Waals surface area contributed by atoms with E-state index in [1.807, 2.05) is 4.90 Å². The van der Waals surface area contributed by atoms with Gasteiger partial charge in [0.05, 0.1) is 24.2 Å². The summed E-state index contributed by atoms with van der Waals surface area (Å²) in [6.45, 7) is 2.08. The summed E-state index contributed by atoms with van der Waals surface area (Å²) in [5.41, 5.74) is 0. The molecule has 1 unspecified atom stereocenters. The Kier molecular flexibility index (Phi) is 7.11. The van der Waals surface area contributed by atoms with Crippen LogP contribution in [0.4, 0.5) is 5.00 Å². The molecular weight excluding hydrogens is 282 g/mol. The Hall–Kier alpha value is -1.53. The second-order valence-corrected chi connectivity index (χ2v) is 5.08. The van der Waals surface area contributed by atoms with Crippen molar-refractivity contribution in [1.29, 1.82) is 5.26 Å². The van der Waals surface area contributed by atoms with Gasteiger partial charge in [-0.2, -0.15) is 5.26 Å². The lowest BCUT2D eigenvalue weighted by Crippen LogP contribution is -2.33. The third-order valence-corrected chi connectivity index (χ3v) is 3.80. The minimum absolute atomic E-state index is 0.0404. The Morgan fingerprint density at radius 3 is 2.40 bits per heavy atom. The lowest BCUT2D eigenvalue weighted by Gasteiger charge is -2.25. The molecule has 0 saturated carbocycles. The van der Waals surface area contributed by atoms with E-state index in [-0.39, 0.29) is 5.00 Å². The number of thiophene rings is 1. The summed E-state index contributed by atoms with van der Waals surface area (Å²) in [6.07, 6.45) is 0. The Bertz CT molecular complexity index is 464. The first-order chi connectivity index (χ1) is 9.63. The summed E-state index contributed by atoms with van der Waals surface area (Å²) in [5.74, 6) is 0. The number of hydrogen-bond donors (Lipinski definition) is 0. The maximum Gasteiger partial charge on any atom is 0.324 e. The number of rotatable bonds is 9. The molecule has 1 aromatic heterocycles. The SMILES string of the molecule is COCCN(CCOC)C(C#N)c1ccc([N+](=O)[O-])s1.